The molecule has 0 amide bonds. The molecule has 2 atom stereocenters. The molecule has 0 saturated carbocycles. The van der Waals surface area contributed by atoms with Crippen LogP contribution in [0.5, 0.6) is 0 Å². The highest BCUT2D eigenvalue weighted by Gasteiger charge is 2.41. The van der Waals surface area contributed by atoms with Gasteiger partial charge in [-0.2, -0.15) is 0 Å². The summed E-state index contributed by atoms with van der Waals surface area (Å²) in [5.41, 5.74) is 1.94. The van der Waals surface area contributed by atoms with Gasteiger partial charge in [-0.1, -0.05) is 0 Å². The Labute approximate surface area is 152 Å². The van der Waals surface area contributed by atoms with Crippen molar-refractivity contribution in [3.8, 4) is 0 Å². The van der Waals surface area contributed by atoms with Gasteiger partial charge < -0.3 is 9.80 Å². The van der Waals surface area contributed by atoms with E-state index in [1.807, 2.05) is 32.3 Å². The quantitative estimate of drug-likeness (QED) is 0.702. The number of hydrogen-bond donors (Lipinski definition) is 0. The van der Waals surface area contributed by atoms with E-state index in [1.165, 1.54) is 0 Å². The molecule has 2 aliphatic heterocycles. The molecule has 0 N–H and O–H groups in total. The van der Waals surface area contributed by atoms with E-state index < -0.39 is 0 Å². The number of pyridine rings is 1. The van der Waals surface area contributed by atoms with Crippen LogP contribution >= 0.6 is 0 Å². The maximum absolute atomic E-state index is 4.75. The van der Waals surface area contributed by atoms with Gasteiger partial charge in [0.1, 0.15) is 23.8 Å². The Morgan fingerprint density at radius 2 is 1.73 bits per heavy atom. The monoisotopic (exact) mass is 347 g/mol. The third kappa shape index (κ3) is 2.55. The third-order valence-electron chi connectivity index (χ3n) is 5.49. The summed E-state index contributed by atoms with van der Waals surface area (Å²) < 4.78 is 0. The van der Waals surface area contributed by atoms with Crippen LogP contribution in [0.4, 0.5) is 11.6 Å². The number of fused-ring (bicyclic) bond motifs is 2. The molecule has 3 aromatic rings. The summed E-state index contributed by atoms with van der Waals surface area (Å²) in [5.74, 6) is 4.17. The van der Waals surface area contributed by atoms with Gasteiger partial charge in [0, 0.05) is 61.4 Å². The number of anilines is 2. The molecule has 7 nitrogen and oxygen atoms in total. The zero-order chi connectivity index (χ0) is 17.7. The normalized spacial score (nSPS) is 22.2. The summed E-state index contributed by atoms with van der Waals surface area (Å²) in [7, 11) is 0. The number of hydrogen-bond acceptors (Lipinski definition) is 7. The van der Waals surface area contributed by atoms with Crippen LogP contribution in [0.1, 0.15) is 11.5 Å². The van der Waals surface area contributed by atoms with E-state index in [0.717, 1.165) is 60.2 Å². The highest BCUT2D eigenvalue weighted by molar-refractivity contribution is 5.89. The number of rotatable bonds is 2. The minimum Gasteiger partial charge on any atom is -0.356 e. The van der Waals surface area contributed by atoms with Crippen molar-refractivity contribution in [2.45, 2.75) is 13.8 Å². The largest absolute Gasteiger partial charge is 0.356 e. The minimum absolute atomic E-state index is 0.637. The maximum Gasteiger partial charge on any atom is 0.140 e. The Hall–Kier alpha value is -2.83. The van der Waals surface area contributed by atoms with Gasteiger partial charge in [0.25, 0.3) is 0 Å². The number of nitrogens with zero attached hydrogens (tertiary/aromatic N) is 7. The van der Waals surface area contributed by atoms with Crippen molar-refractivity contribution in [2.75, 3.05) is 36.0 Å². The van der Waals surface area contributed by atoms with Gasteiger partial charge in [-0.3, -0.25) is 4.98 Å². The second-order valence-corrected chi connectivity index (χ2v) is 7.33. The van der Waals surface area contributed by atoms with Crippen molar-refractivity contribution in [1.29, 1.82) is 0 Å². The third-order valence-corrected chi connectivity index (χ3v) is 5.49. The Bertz CT molecular complexity index is 959. The van der Waals surface area contributed by atoms with E-state index in [0.29, 0.717) is 11.8 Å². The fourth-order valence-corrected chi connectivity index (χ4v) is 4.28. The Morgan fingerprint density at radius 3 is 2.50 bits per heavy atom. The van der Waals surface area contributed by atoms with Crippen molar-refractivity contribution in [3.05, 3.63) is 42.4 Å². The van der Waals surface area contributed by atoms with E-state index in [-0.39, 0.29) is 0 Å². The lowest BCUT2D eigenvalue weighted by molar-refractivity contribution is 0.533. The summed E-state index contributed by atoms with van der Waals surface area (Å²) in [4.78, 5) is 27.0. The molecule has 26 heavy (non-hydrogen) atoms. The zero-order valence-electron chi connectivity index (χ0n) is 15.0. The molecule has 3 aromatic heterocycles. The SMILES string of the molecule is Cc1cc(N2CC3CN(c4nc(C)nc5cnccc45)CC3C2)ncn1. The lowest BCUT2D eigenvalue weighted by Crippen LogP contribution is -2.30. The summed E-state index contributed by atoms with van der Waals surface area (Å²) in [6.45, 7) is 8.10. The average molecular weight is 347 g/mol. The van der Waals surface area contributed by atoms with Crippen molar-refractivity contribution in [2.24, 2.45) is 11.8 Å². The van der Waals surface area contributed by atoms with Crippen LogP contribution in [-0.4, -0.2) is 51.1 Å². The van der Waals surface area contributed by atoms with Crippen molar-refractivity contribution in [3.63, 3.8) is 0 Å². The van der Waals surface area contributed by atoms with Gasteiger partial charge in [0.05, 0.1) is 11.7 Å². The maximum atomic E-state index is 4.75. The molecule has 2 fully saturated rings. The standard InChI is InChI=1S/C19H21N7/c1-12-5-18(22-11-21-12)25-7-14-9-26(10-15(14)8-25)19-16-3-4-20-6-17(16)23-13(2)24-19/h3-6,11,14-15H,7-10H2,1-2H3. The molecule has 7 heteroatoms. The first-order chi connectivity index (χ1) is 12.7. The van der Waals surface area contributed by atoms with Gasteiger partial charge in [0.2, 0.25) is 0 Å². The predicted molar refractivity (Wildman–Crippen MR) is 100 cm³/mol. The minimum atomic E-state index is 0.637. The number of aromatic nitrogens is 5. The second-order valence-electron chi connectivity index (χ2n) is 7.33. The van der Waals surface area contributed by atoms with Crippen molar-refractivity contribution < 1.29 is 0 Å². The smallest absolute Gasteiger partial charge is 0.140 e. The molecule has 0 aromatic carbocycles. The van der Waals surface area contributed by atoms with E-state index in [4.69, 9.17) is 4.98 Å². The Kier molecular flexibility index (Phi) is 3.48. The van der Waals surface area contributed by atoms with Crippen LogP contribution in [0.25, 0.3) is 10.9 Å². The van der Waals surface area contributed by atoms with Gasteiger partial charge >= 0.3 is 0 Å². The molecule has 0 spiro atoms. The molecule has 2 aliphatic rings. The molecule has 2 unspecified atom stereocenters. The Morgan fingerprint density at radius 1 is 0.962 bits per heavy atom. The summed E-state index contributed by atoms with van der Waals surface area (Å²) in [6.07, 6.45) is 5.30. The molecule has 132 valence electrons. The molecule has 2 saturated heterocycles. The average Bonchev–Trinajstić information content (AvgIpc) is 3.20. The van der Waals surface area contributed by atoms with Crippen LogP contribution in [0.15, 0.2) is 30.9 Å². The van der Waals surface area contributed by atoms with Gasteiger partial charge in [-0.05, 0) is 19.9 Å². The summed E-state index contributed by atoms with van der Waals surface area (Å²) >= 11 is 0. The molecule has 0 aliphatic carbocycles. The molecular formula is C19H21N7. The predicted octanol–water partition coefficient (Wildman–Crippen LogP) is 2.00. The highest BCUT2D eigenvalue weighted by Crippen LogP contribution is 2.36. The first kappa shape index (κ1) is 15.4. The lowest BCUT2D eigenvalue weighted by Gasteiger charge is -2.24. The van der Waals surface area contributed by atoms with Gasteiger partial charge in [-0.25, -0.2) is 19.9 Å². The van der Waals surface area contributed by atoms with Gasteiger partial charge in [0.15, 0.2) is 0 Å². The van der Waals surface area contributed by atoms with Crippen LogP contribution < -0.4 is 9.80 Å². The van der Waals surface area contributed by atoms with Crippen LogP contribution in [0.3, 0.4) is 0 Å². The van der Waals surface area contributed by atoms with Crippen LogP contribution in [0.2, 0.25) is 0 Å². The highest BCUT2D eigenvalue weighted by atomic mass is 15.3. The number of aryl methyl sites for hydroxylation is 2. The lowest BCUT2D eigenvalue weighted by atomic mass is 10.0. The Balaban J connectivity index is 1.39. The molecular weight excluding hydrogens is 326 g/mol. The van der Waals surface area contributed by atoms with Gasteiger partial charge in [-0.15, -0.1) is 0 Å². The molecule has 0 bridgehead atoms. The van der Waals surface area contributed by atoms with E-state index in [2.05, 4.69) is 35.8 Å². The molecule has 5 rings (SSSR count). The topological polar surface area (TPSA) is 70.9 Å². The van der Waals surface area contributed by atoms with Crippen LogP contribution in [0, 0.1) is 25.7 Å². The van der Waals surface area contributed by atoms with Crippen molar-refractivity contribution in [1.82, 2.24) is 24.9 Å². The van der Waals surface area contributed by atoms with E-state index in [9.17, 15) is 0 Å². The summed E-state index contributed by atoms with van der Waals surface area (Å²) in [6, 6.07) is 4.10. The molecule has 5 heterocycles. The first-order valence-electron chi connectivity index (χ1n) is 9.04. The second kappa shape index (κ2) is 5.86. The van der Waals surface area contributed by atoms with Crippen molar-refractivity contribution >= 4 is 22.5 Å². The molecule has 0 radical (unpaired) electrons. The first-order valence-corrected chi connectivity index (χ1v) is 9.04. The fourth-order valence-electron chi connectivity index (χ4n) is 4.28. The van der Waals surface area contributed by atoms with E-state index in [1.54, 1.807) is 6.33 Å². The zero-order valence-corrected chi connectivity index (χ0v) is 15.0. The summed E-state index contributed by atoms with van der Waals surface area (Å²) in [5, 5.41) is 1.09. The van der Waals surface area contributed by atoms with E-state index >= 15 is 0 Å². The fraction of sp³-hybridized carbons (Fsp3) is 0.421. The van der Waals surface area contributed by atoms with Crippen LogP contribution in [-0.2, 0) is 0 Å².